The van der Waals surface area contributed by atoms with Crippen molar-refractivity contribution in [3.8, 4) is 0 Å². The first-order valence-corrected chi connectivity index (χ1v) is 7.26. The van der Waals surface area contributed by atoms with Crippen molar-refractivity contribution >= 4 is 0 Å². The Balaban J connectivity index is 1.58. The van der Waals surface area contributed by atoms with Gasteiger partial charge in [0.1, 0.15) is 0 Å². The predicted octanol–water partition coefficient (Wildman–Crippen LogP) is 2.64. The van der Waals surface area contributed by atoms with Gasteiger partial charge in [-0.2, -0.15) is 0 Å². The van der Waals surface area contributed by atoms with Crippen LogP contribution in [0, 0.1) is 5.92 Å². The summed E-state index contributed by atoms with van der Waals surface area (Å²) in [7, 11) is 0. The minimum Gasteiger partial charge on any atom is -0.311 e. The summed E-state index contributed by atoms with van der Waals surface area (Å²) in [6.45, 7) is 8.61. The van der Waals surface area contributed by atoms with E-state index in [-0.39, 0.29) is 0 Å². The standard InChI is InChI=1S/C14H28N2/c1-3-4-7-16-8-5-13(6-9-16)15-14-10-12(2)11-14/h12-15H,3-11H2,1-2H3. The quantitative estimate of drug-likeness (QED) is 0.772. The third-order valence-electron chi connectivity index (χ3n) is 4.26. The smallest absolute Gasteiger partial charge is 0.00940 e. The molecule has 0 bridgehead atoms. The van der Waals surface area contributed by atoms with Crippen molar-refractivity contribution in [2.75, 3.05) is 19.6 Å². The van der Waals surface area contributed by atoms with E-state index in [4.69, 9.17) is 0 Å². The van der Waals surface area contributed by atoms with Crippen molar-refractivity contribution in [1.29, 1.82) is 0 Å². The van der Waals surface area contributed by atoms with E-state index in [0.717, 1.165) is 18.0 Å². The molecule has 0 aromatic heterocycles. The number of nitrogens with zero attached hydrogens (tertiary/aromatic N) is 1. The van der Waals surface area contributed by atoms with E-state index in [1.54, 1.807) is 0 Å². The minimum atomic E-state index is 0.815. The molecule has 2 nitrogen and oxygen atoms in total. The maximum atomic E-state index is 3.84. The van der Waals surface area contributed by atoms with Crippen LogP contribution in [0.1, 0.15) is 52.4 Å². The van der Waals surface area contributed by atoms with Gasteiger partial charge in [0.05, 0.1) is 0 Å². The molecule has 2 aliphatic rings. The van der Waals surface area contributed by atoms with Gasteiger partial charge in [-0.15, -0.1) is 0 Å². The average molecular weight is 224 g/mol. The molecule has 0 radical (unpaired) electrons. The molecular formula is C14H28N2. The molecule has 1 aliphatic heterocycles. The van der Waals surface area contributed by atoms with Crippen molar-refractivity contribution in [3.05, 3.63) is 0 Å². The Hall–Kier alpha value is -0.0800. The van der Waals surface area contributed by atoms with E-state index in [1.165, 1.54) is 58.2 Å². The van der Waals surface area contributed by atoms with Crippen molar-refractivity contribution in [3.63, 3.8) is 0 Å². The summed E-state index contributed by atoms with van der Waals surface area (Å²) in [5, 5.41) is 3.84. The van der Waals surface area contributed by atoms with Gasteiger partial charge in [-0.25, -0.2) is 0 Å². The molecule has 1 saturated heterocycles. The van der Waals surface area contributed by atoms with Crippen molar-refractivity contribution in [1.82, 2.24) is 10.2 Å². The lowest BCUT2D eigenvalue weighted by Gasteiger charge is -2.39. The molecule has 2 heteroatoms. The highest BCUT2D eigenvalue weighted by molar-refractivity contribution is 4.87. The number of nitrogens with one attached hydrogen (secondary N) is 1. The van der Waals surface area contributed by atoms with Crippen molar-refractivity contribution < 1.29 is 0 Å². The first kappa shape index (κ1) is 12.4. The van der Waals surface area contributed by atoms with Crippen LogP contribution in [0.25, 0.3) is 0 Å². The third kappa shape index (κ3) is 3.46. The van der Waals surface area contributed by atoms with Crippen LogP contribution in [-0.2, 0) is 0 Å². The van der Waals surface area contributed by atoms with E-state index >= 15 is 0 Å². The van der Waals surface area contributed by atoms with E-state index in [9.17, 15) is 0 Å². The van der Waals surface area contributed by atoms with E-state index in [1.807, 2.05) is 0 Å². The van der Waals surface area contributed by atoms with Gasteiger partial charge >= 0.3 is 0 Å². The molecule has 0 amide bonds. The zero-order valence-corrected chi connectivity index (χ0v) is 11.0. The summed E-state index contributed by atoms with van der Waals surface area (Å²) in [4.78, 5) is 2.64. The van der Waals surface area contributed by atoms with E-state index in [0.29, 0.717) is 0 Å². The van der Waals surface area contributed by atoms with Gasteiger partial charge in [0.25, 0.3) is 0 Å². The largest absolute Gasteiger partial charge is 0.311 e. The maximum absolute atomic E-state index is 3.84. The van der Waals surface area contributed by atoms with Gasteiger partial charge in [-0.1, -0.05) is 20.3 Å². The molecule has 0 unspecified atom stereocenters. The molecule has 94 valence electrons. The molecule has 0 atom stereocenters. The fourth-order valence-electron chi connectivity index (χ4n) is 3.08. The maximum Gasteiger partial charge on any atom is 0.00940 e. The Labute approximate surface area is 101 Å². The highest BCUT2D eigenvalue weighted by atomic mass is 15.1. The van der Waals surface area contributed by atoms with Crippen LogP contribution >= 0.6 is 0 Å². The number of rotatable bonds is 5. The lowest BCUT2D eigenvalue weighted by atomic mass is 9.81. The van der Waals surface area contributed by atoms with Crippen LogP contribution in [0.15, 0.2) is 0 Å². The van der Waals surface area contributed by atoms with Crippen LogP contribution in [0.3, 0.4) is 0 Å². The highest BCUT2D eigenvalue weighted by Crippen LogP contribution is 2.27. The lowest BCUT2D eigenvalue weighted by molar-refractivity contribution is 0.158. The molecule has 1 saturated carbocycles. The summed E-state index contributed by atoms with van der Waals surface area (Å²) in [6, 6.07) is 1.66. The van der Waals surface area contributed by atoms with Gasteiger partial charge in [-0.3, -0.25) is 0 Å². The molecule has 1 heterocycles. The zero-order chi connectivity index (χ0) is 11.4. The Morgan fingerprint density at radius 1 is 1.12 bits per heavy atom. The van der Waals surface area contributed by atoms with Crippen molar-refractivity contribution in [2.45, 2.75) is 64.5 Å². The summed E-state index contributed by atoms with van der Waals surface area (Å²) in [6.07, 6.45) is 8.27. The fraction of sp³-hybridized carbons (Fsp3) is 1.00. The van der Waals surface area contributed by atoms with Crippen molar-refractivity contribution in [2.24, 2.45) is 5.92 Å². The van der Waals surface area contributed by atoms with Crippen LogP contribution in [-0.4, -0.2) is 36.6 Å². The van der Waals surface area contributed by atoms with Gasteiger partial charge < -0.3 is 10.2 Å². The SMILES string of the molecule is CCCCN1CCC(NC2CC(C)C2)CC1. The predicted molar refractivity (Wildman–Crippen MR) is 69.7 cm³/mol. The first-order chi connectivity index (χ1) is 7.78. The second kappa shape index (κ2) is 6.02. The van der Waals surface area contributed by atoms with E-state index in [2.05, 4.69) is 24.1 Å². The Bertz CT molecular complexity index is 191. The first-order valence-electron chi connectivity index (χ1n) is 7.26. The monoisotopic (exact) mass is 224 g/mol. The Morgan fingerprint density at radius 3 is 2.38 bits per heavy atom. The number of unbranched alkanes of at least 4 members (excludes halogenated alkanes) is 1. The Kier molecular flexibility index (Phi) is 4.66. The Morgan fingerprint density at radius 2 is 1.81 bits per heavy atom. The molecule has 16 heavy (non-hydrogen) atoms. The molecule has 2 rings (SSSR count). The summed E-state index contributed by atoms with van der Waals surface area (Å²) < 4.78 is 0. The number of hydrogen-bond acceptors (Lipinski definition) is 2. The van der Waals surface area contributed by atoms with Gasteiger partial charge in [0.2, 0.25) is 0 Å². The van der Waals surface area contributed by atoms with Gasteiger partial charge in [-0.05, 0) is 57.7 Å². The topological polar surface area (TPSA) is 15.3 Å². The highest BCUT2D eigenvalue weighted by Gasteiger charge is 2.28. The van der Waals surface area contributed by atoms with Crippen LogP contribution in [0.2, 0.25) is 0 Å². The fourth-order valence-corrected chi connectivity index (χ4v) is 3.08. The van der Waals surface area contributed by atoms with Crippen LogP contribution in [0.5, 0.6) is 0 Å². The number of likely N-dealkylation sites (tertiary alicyclic amines) is 1. The summed E-state index contributed by atoms with van der Waals surface area (Å²) >= 11 is 0. The third-order valence-corrected chi connectivity index (χ3v) is 4.26. The molecule has 1 aliphatic carbocycles. The van der Waals surface area contributed by atoms with E-state index < -0.39 is 0 Å². The average Bonchev–Trinajstić information content (AvgIpc) is 2.26. The normalized spacial score (nSPS) is 32.6. The van der Waals surface area contributed by atoms with Crippen LogP contribution < -0.4 is 5.32 Å². The van der Waals surface area contributed by atoms with Gasteiger partial charge in [0, 0.05) is 12.1 Å². The zero-order valence-electron chi connectivity index (χ0n) is 11.0. The summed E-state index contributed by atoms with van der Waals surface area (Å²) in [5.74, 6) is 0.974. The molecule has 0 aromatic carbocycles. The minimum absolute atomic E-state index is 0.815. The summed E-state index contributed by atoms with van der Waals surface area (Å²) in [5.41, 5.74) is 0. The second-order valence-corrected chi connectivity index (χ2v) is 5.91. The van der Waals surface area contributed by atoms with Gasteiger partial charge in [0.15, 0.2) is 0 Å². The number of hydrogen-bond donors (Lipinski definition) is 1. The second-order valence-electron chi connectivity index (χ2n) is 5.91. The molecule has 0 spiro atoms. The lowest BCUT2D eigenvalue weighted by Crippen LogP contribution is -2.50. The molecule has 1 N–H and O–H groups in total. The molecule has 0 aromatic rings. The molecular weight excluding hydrogens is 196 g/mol. The molecule has 2 fully saturated rings. The van der Waals surface area contributed by atoms with Crippen LogP contribution in [0.4, 0.5) is 0 Å². The number of piperidine rings is 1.